The lowest BCUT2D eigenvalue weighted by Crippen LogP contribution is -2.32. The van der Waals surface area contributed by atoms with Gasteiger partial charge in [-0.15, -0.1) is 0 Å². The molecule has 1 heterocycles. The smallest absolute Gasteiger partial charge is 0.250 e. The normalized spacial score (nSPS) is 13.9. The molecule has 0 aromatic heterocycles. The zero-order valence-electron chi connectivity index (χ0n) is 11.0. The minimum atomic E-state index is -0.383. The second kappa shape index (κ2) is 5.29. The van der Waals surface area contributed by atoms with Crippen molar-refractivity contribution in [3.8, 4) is 0 Å². The van der Waals surface area contributed by atoms with Gasteiger partial charge in [0, 0.05) is 17.6 Å². The van der Waals surface area contributed by atoms with Crippen molar-refractivity contribution in [2.45, 2.75) is 13.0 Å². The number of nitrogens with two attached hydrogens (primary N) is 1. The fourth-order valence-corrected chi connectivity index (χ4v) is 3.03. The second-order valence-corrected chi connectivity index (χ2v) is 5.88. The van der Waals surface area contributed by atoms with Crippen molar-refractivity contribution in [1.82, 2.24) is 0 Å². The topological polar surface area (TPSA) is 46.3 Å². The van der Waals surface area contributed by atoms with Gasteiger partial charge in [-0.1, -0.05) is 40.2 Å². The fraction of sp³-hybridized carbons (Fsp3) is 0.188. The lowest BCUT2D eigenvalue weighted by Gasteiger charge is -2.32. The first kappa shape index (κ1) is 13.2. The van der Waals surface area contributed by atoms with E-state index in [1.165, 1.54) is 11.1 Å². The number of halogens is 1. The molecule has 2 aromatic carbocycles. The molecule has 0 unspecified atom stereocenters. The Labute approximate surface area is 126 Å². The molecule has 1 aliphatic rings. The molecule has 0 bridgehead atoms. The molecule has 4 heteroatoms. The highest BCUT2D eigenvalue weighted by molar-refractivity contribution is 9.10. The zero-order valence-corrected chi connectivity index (χ0v) is 12.6. The summed E-state index contributed by atoms with van der Waals surface area (Å²) in [7, 11) is 0. The Morgan fingerprint density at radius 3 is 2.65 bits per heavy atom. The number of nitrogens with zero attached hydrogens (tertiary/aromatic N) is 1. The minimum absolute atomic E-state index is 0.383. The number of hydrogen-bond acceptors (Lipinski definition) is 2. The molecule has 2 aromatic rings. The molecule has 0 saturated heterocycles. The number of amides is 1. The van der Waals surface area contributed by atoms with Crippen LogP contribution in [-0.2, 0) is 13.0 Å². The number of fused-ring (bicyclic) bond motifs is 1. The van der Waals surface area contributed by atoms with Gasteiger partial charge in [0.25, 0.3) is 5.91 Å². The largest absolute Gasteiger partial charge is 0.366 e. The Morgan fingerprint density at radius 1 is 1.15 bits per heavy atom. The summed E-state index contributed by atoms with van der Waals surface area (Å²) in [4.78, 5) is 13.8. The van der Waals surface area contributed by atoms with Crippen molar-refractivity contribution in [3.05, 3.63) is 63.6 Å². The molecule has 0 atom stereocenters. The molecule has 20 heavy (non-hydrogen) atoms. The Balaban J connectivity index is 1.99. The maximum atomic E-state index is 11.6. The van der Waals surface area contributed by atoms with Gasteiger partial charge >= 0.3 is 0 Å². The molecule has 3 nitrogen and oxygen atoms in total. The molecule has 0 fully saturated rings. The molecule has 102 valence electrons. The number of anilines is 1. The lowest BCUT2D eigenvalue weighted by atomic mass is 9.98. The van der Waals surface area contributed by atoms with Gasteiger partial charge < -0.3 is 10.6 Å². The molecular weight excluding hydrogens is 316 g/mol. The number of primary amides is 1. The standard InChI is InChI=1S/C16H15BrN2O/c17-13-5-6-14(16(18)20)15(9-13)19-8-7-11-3-1-2-4-12(11)10-19/h1-6,9H,7-8,10H2,(H2,18,20). The lowest BCUT2D eigenvalue weighted by molar-refractivity contribution is 0.100. The third-order valence-corrected chi connectivity index (χ3v) is 4.19. The van der Waals surface area contributed by atoms with Crippen molar-refractivity contribution in [2.24, 2.45) is 5.73 Å². The third-order valence-electron chi connectivity index (χ3n) is 3.70. The van der Waals surface area contributed by atoms with Gasteiger partial charge in [0.2, 0.25) is 0 Å². The Bertz CT molecular complexity index is 669. The number of benzene rings is 2. The van der Waals surface area contributed by atoms with E-state index < -0.39 is 0 Å². The zero-order chi connectivity index (χ0) is 14.1. The molecule has 0 aliphatic carbocycles. The predicted octanol–water partition coefficient (Wildman–Crippen LogP) is 3.11. The van der Waals surface area contributed by atoms with E-state index in [-0.39, 0.29) is 5.91 Å². The van der Waals surface area contributed by atoms with E-state index in [0.717, 1.165) is 29.7 Å². The molecule has 0 spiro atoms. The first-order valence-electron chi connectivity index (χ1n) is 6.56. The predicted molar refractivity (Wildman–Crippen MR) is 83.9 cm³/mol. The van der Waals surface area contributed by atoms with Gasteiger partial charge in [-0.25, -0.2) is 0 Å². The van der Waals surface area contributed by atoms with E-state index in [9.17, 15) is 4.79 Å². The van der Waals surface area contributed by atoms with Gasteiger partial charge in [0.15, 0.2) is 0 Å². The summed E-state index contributed by atoms with van der Waals surface area (Å²) in [6, 6.07) is 14.0. The Hall–Kier alpha value is -1.81. The summed E-state index contributed by atoms with van der Waals surface area (Å²) in [6.07, 6.45) is 0.987. The third kappa shape index (κ3) is 2.43. The fourth-order valence-electron chi connectivity index (χ4n) is 2.68. The Morgan fingerprint density at radius 2 is 1.90 bits per heavy atom. The minimum Gasteiger partial charge on any atom is -0.366 e. The first-order chi connectivity index (χ1) is 9.65. The average Bonchev–Trinajstić information content (AvgIpc) is 2.46. The molecule has 2 N–H and O–H groups in total. The van der Waals surface area contributed by atoms with Gasteiger partial charge in [0.05, 0.1) is 11.3 Å². The van der Waals surface area contributed by atoms with Crippen LogP contribution in [0.4, 0.5) is 5.69 Å². The van der Waals surface area contributed by atoms with Gasteiger partial charge in [-0.3, -0.25) is 4.79 Å². The van der Waals surface area contributed by atoms with Crippen LogP contribution in [0, 0.1) is 0 Å². The summed E-state index contributed by atoms with van der Waals surface area (Å²) >= 11 is 3.46. The van der Waals surface area contributed by atoms with Crippen LogP contribution in [0.3, 0.4) is 0 Å². The van der Waals surface area contributed by atoms with E-state index in [2.05, 4.69) is 45.1 Å². The van der Waals surface area contributed by atoms with Crippen LogP contribution in [0.2, 0.25) is 0 Å². The van der Waals surface area contributed by atoms with Gasteiger partial charge in [-0.2, -0.15) is 0 Å². The summed E-state index contributed by atoms with van der Waals surface area (Å²) in [5.41, 5.74) is 9.67. The highest BCUT2D eigenvalue weighted by Crippen LogP contribution is 2.29. The van der Waals surface area contributed by atoms with Crippen molar-refractivity contribution < 1.29 is 4.79 Å². The van der Waals surface area contributed by atoms with E-state index in [4.69, 9.17) is 5.73 Å². The van der Waals surface area contributed by atoms with Crippen LogP contribution >= 0.6 is 15.9 Å². The van der Waals surface area contributed by atoms with E-state index in [1.54, 1.807) is 6.07 Å². The summed E-state index contributed by atoms with van der Waals surface area (Å²) < 4.78 is 0.955. The highest BCUT2D eigenvalue weighted by atomic mass is 79.9. The molecule has 3 rings (SSSR count). The number of carbonyl (C=O) groups is 1. The maximum Gasteiger partial charge on any atom is 0.250 e. The van der Waals surface area contributed by atoms with E-state index >= 15 is 0 Å². The molecule has 0 radical (unpaired) electrons. The maximum absolute atomic E-state index is 11.6. The summed E-state index contributed by atoms with van der Waals surface area (Å²) in [6.45, 7) is 1.71. The van der Waals surface area contributed by atoms with Crippen molar-refractivity contribution in [1.29, 1.82) is 0 Å². The van der Waals surface area contributed by atoms with Gasteiger partial charge in [0.1, 0.15) is 0 Å². The molecule has 1 amide bonds. The second-order valence-electron chi connectivity index (χ2n) is 4.97. The monoisotopic (exact) mass is 330 g/mol. The average molecular weight is 331 g/mol. The van der Waals surface area contributed by atoms with Crippen molar-refractivity contribution in [3.63, 3.8) is 0 Å². The van der Waals surface area contributed by atoms with Crippen LogP contribution in [0.1, 0.15) is 21.5 Å². The highest BCUT2D eigenvalue weighted by Gasteiger charge is 2.20. The number of carbonyl (C=O) groups excluding carboxylic acids is 1. The summed E-state index contributed by atoms with van der Waals surface area (Å²) in [5.74, 6) is -0.383. The number of rotatable bonds is 2. The first-order valence-corrected chi connectivity index (χ1v) is 7.35. The molecular formula is C16H15BrN2O. The van der Waals surface area contributed by atoms with Crippen LogP contribution in [-0.4, -0.2) is 12.5 Å². The van der Waals surface area contributed by atoms with Crippen LogP contribution in [0.5, 0.6) is 0 Å². The number of hydrogen-bond donors (Lipinski definition) is 1. The van der Waals surface area contributed by atoms with Crippen molar-refractivity contribution >= 4 is 27.5 Å². The molecule has 1 aliphatic heterocycles. The molecule has 0 saturated carbocycles. The van der Waals surface area contributed by atoms with Crippen LogP contribution in [0.25, 0.3) is 0 Å². The van der Waals surface area contributed by atoms with Crippen molar-refractivity contribution in [2.75, 3.05) is 11.4 Å². The Kier molecular flexibility index (Phi) is 3.49. The van der Waals surface area contributed by atoms with Crippen LogP contribution in [0.15, 0.2) is 46.9 Å². The van der Waals surface area contributed by atoms with Crippen LogP contribution < -0.4 is 10.6 Å². The summed E-state index contributed by atoms with van der Waals surface area (Å²) in [5, 5.41) is 0. The van der Waals surface area contributed by atoms with E-state index in [1.807, 2.05) is 12.1 Å². The van der Waals surface area contributed by atoms with Gasteiger partial charge in [-0.05, 0) is 35.7 Å². The SMILES string of the molecule is NC(=O)c1ccc(Br)cc1N1CCc2ccccc2C1. The quantitative estimate of drug-likeness (QED) is 0.919. The van der Waals surface area contributed by atoms with E-state index in [0.29, 0.717) is 5.56 Å².